The van der Waals surface area contributed by atoms with Gasteiger partial charge in [-0.2, -0.15) is 0 Å². The predicted octanol–water partition coefficient (Wildman–Crippen LogP) is 0.728. The smallest absolute Gasteiger partial charge is 0.185 e. The molecule has 0 amide bonds. The first-order chi connectivity index (χ1) is 8.00. The van der Waals surface area contributed by atoms with Crippen LogP contribution < -0.4 is 5.73 Å². The third-order valence-corrected chi connectivity index (χ3v) is 3.04. The molecule has 94 valence electrons. The first-order valence-corrected chi connectivity index (χ1v) is 6.20. The van der Waals surface area contributed by atoms with Crippen molar-refractivity contribution >= 4 is 22.6 Å². The normalized spacial score (nSPS) is 14.3. The molecule has 2 atom stereocenters. The molecule has 0 saturated heterocycles. The highest BCUT2D eigenvalue weighted by molar-refractivity contribution is 8.13. The maximum Gasteiger partial charge on any atom is 0.185 e. The lowest BCUT2D eigenvalue weighted by Gasteiger charge is -2.17. The molecule has 1 heterocycles. The van der Waals surface area contributed by atoms with Crippen LogP contribution in [0.1, 0.15) is 25.1 Å². The predicted molar refractivity (Wildman–Crippen MR) is 67.4 cm³/mol. The van der Waals surface area contributed by atoms with Crippen LogP contribution in [-0.4, -0.2) is 32.2 Å². The van der Waals surface area contributed by atoms with Gasteiger partial charge in [-0.1, -0.05) is 11.8 Å². The SMILES string of the molecule is CC(=O)SCCC(O)C(O)c1cc(N)ccn1. The molecule has 0 spiro atoms. The summed E-state index contributed by atoms with van der Waals surface area (Å²) in [7, 11) is 0. The van der Waals surface area contributed by atoms with E-state index < -0.39 is 12.2 Å². The highest BCUT2D eigenvalue weighted by atomic mass is 32.2. The van der Waals surface area contributed by atoms with Gasteiger partial charge in [-0.05, 0) is 18.6 Å². The van der Waals surface area contributed by atoms with Gasteiger partial charge in [-0.15, -0.1) is 0 Å². The zero-order valence-corrected chi connectivity index (χ0v) is 10.4. The molecule has 0 aliphatic rings. The van der Waals surface area contributed by atoms with Gasteiger partial charge in [0.15, 0.2) is 5.12 Å². The first-order valence-electron chi connectivity index (χ1n) is 5.21. The molecule has 0 aliphatic heterocycles. The number of nitrogens with zero attached hydrogens (tertiary/aromatic N) is 1. The van der Waals surface area contributed by atoms with Gasteiger partial charge in [0.05, 0.1) is 11.8 Å². The molecule has 1 aromatic rings. The largest absolute Gasteiger partial charge is 0.399 e. The minimum absolute atomic E-state index is 0.00577. The van der Waals surface area contributed by atoms with Crippen LogP contribution in [-0.2, 0) is 4.79 Å². The van der Waals surface area contributed by atoms with Gasteiger partial charge in [0.1, 0.15) is 6.10 Å². The lowest BCUT2D eigenvalue weighted by atomic mass is 10.1. The van der Waals surface area contributed by atoms with Crippen molar-refractivity contribution in [1.82, 2.24) is 4.98 Å². The highest BCUT2D eigenvalue weighted by Crippen LogP contribution is 2.20. The Labute approximate surface area is 104 Å². The molecule has 0 fully saturated rings. The van der Waals surface area contributed by atoms with Crippen molar-refractivity contribution in [2.24, 2.45) is 0 Å². The van der Waals surface area contributed by atoms with Crippen LogP contribution in [0.15, 0.2) is 18.3 Å². The molecule has 17 heavy (non-hydrogen) atoms. The van der Waals surface area contributed by atoms with Gasteiger partial charge in [-0.3, -0.25) is 9.78 Å². The summed E-state index contributed by atoms with van der Waals surface area (Å²) in [6, 6.07) is 3.13. The molecule has 4 N–H and O–H groups in total. The number of carbonyl (C=O) groups excluding carboxylic acids is 1. The number of pyridine rings is 1. The van der Waals surface area contributed by atoms with E-state index in [4.69, 9.17) is 5.73 Å². The van der Waals surface area contributed by atoms with E-state index in [0.717, 1.165) is 11.8 Å². The zero-order chi connectivity index (χ0) is 12.8. The number of nitrogen functional groups attached to an aromatic ring is 1. The van der Waals surface area contributed by atoms with Crippen molar-refractivity contribution in [3.63, 3.8) is 0 Å². The molecule has 1 rings (SSSR count). The number of aliphatic hydroxyl groups is 2. The quantitative estimate of drug-likeness (QED) is 0.718. The topological polar surface area (TPSA) is 96.4 Å². The molecule has 1 aromatic heterocycles. The van der Waals surface area contributed by atoms with Crippen molar-refractivity contribution in [1.29, 1.82) is 0 Å². The van der Waals surface area contributed by atoms with E-state index in [1.807, 2.05) is 0 Å². The molecule has 0 bridgehead atoms. The van der Waals surface area contributed by atoms with E-state index in [1.54, 1.807) is 6.07 Å². The fourth-order valence-corrected chi connectivity index (χ4v) is 1.95. The zero-order valence-electron chi connectivity index (χ0n) is 9.54. The van der Waals surface area contributed by atoms with E-state index in [0.29, 0.717) is 23.6 Å². The van der Waals surface area contributed by atoms with Crippen LogP contribution in [0.5, 0.6) is 0 Å². The fraction of sp³-hybridized carbons (Fsp3) is 0.455. The van der Waals surface area contributed by atoms with Gasteiger partial charge < -0.3 is 15.9 Å². The molecular weight excluding hydrogens is 240 g/mol. The molecule has 0 radical (unpaired) electrons. The number of hydrogen-bond donors (Lipinski definition) is 3. The monoisotopic (exact) mass is 256 g/mol. The summed E-state index contributed by atoms with van der Waals surface area (Å²) in [5.41, 5.74) is 6.38. The summed E-state index contributed by atoms with van der Waals surface area (Å²) in [6.45, 7) is 1.47. The number of rotatable bonds is 5. The number of aliphatic hydroxyl groups excluding tert-OH is 2. The lowest BCUT2D eigenvalue weighted by molar-refractivity contribution is -0.109. The number of hydrogen-bond acceptors (Lipinski definition) is 6. The summed E-state index contributed by atoms with van der Waals surface area (Å²) in [6.07, 6.45) is -0.227. The number of anilines is 1. The van der Waals surface area contributed by atoms with E-state index in [2.05, 4.69) is 4.98 Å². The molecule has 0 aliphatic carbocycles. The van der Waals surface area contributed by atoms with E-state index >= 15 is 0 Å². The van der Waals surface area contributed by atoms with E-state index in [9.17, 15) is 15.0 Å². The van der Waals surface area contributed by atoms with Gasteiger partial charge >= 0.3 is 0 Å². The van der Waals surface area contributed by atoms with Gasteiger partial charge in [-0.25, -0.2) is 0 Å². The lowest BCUT2D eigenvalue weighted by Crippen LogP contribution is -2.20. The van der Waals surface area contributed by atoms with Crippen LogP contribution in [0, 0.1) is 0 Å². The summed E-state index contributed by atoms with van der Waals surface area (Å²) >= 11 is 1.12. The van der Waals surface area contributed by atoms with Crippen molar-refractivity contribution in [2.45, 2.75) is 25.6 Å². The number of aromatic nitrogens is 1. The minimum atomic E-state index is -1.08. The van der Waals surface area contributed by atoms with Crippen LogP contribution in [0.2, 0.25) is 0 Å². The maximum atomic E-state index is 10.7. The number of thioether (sulfide) groups is 1. The van der Waals surface area contributed by atoms with Crippen molar-refractivity contribution in [3.8, 4) is 0 Å². The maximum absolute atomic E-state index is 10.7. The highest BCUT2D eigenvalue weighted by Gasteiger charge is 2.19. The average Bonchev–Trinajstić information content (AvgIpc) is 2.27. The van der Waals surface area contributed by atoms with E-state index in [1.165, 1.54) is 19.2 Å². The number of carbonyl (C=O) groups is 1. The van der Waals surface area contributed by atoms with Gasteiger partial charge in [0.25, 0.3) is 0 Å². The van der Waals surface area contributed by atoms with Gasteiger partial charge in [0.2, 0.25) is 0 Å². The molecule has 6 heteroatoms. The first kappa shape index (κ1) is 14.0. The summed E-state index contributed by atoms with van der Waals surface area (Å²) in [4.78, 5) is 14.6. The minimum Gasteiger partial charge on any atom is -0.399 e. The van der Waals surface area contributed by atoms with Gasteiger partial charge in [0, 0.05) is 24.6 Å². The molecule has 2 unspecified atom stereocenters. The Hall–Kier alpha value is -1.11. The molecular formula is C11H16N2O3S. The second-order valence-corrected chi connectivity index (χ2v) is 4.93. The second kappa shape index (κ2) is 6.58. The molecule has 5 nitrogen and oxygen atoms in total. The summed E-state index contributed by atoms with van der Waals surface area (Å²) in [5.74, 6) is 0.468. The van der Waals surface area contributed by atoms with Crippen LogP contribution in [0.3, 0.4) is 0 Å². The Morgan fingerprint density at radius 3 is 2.88 bits per heavy atom. The Kier molecular flexibility index (Phi) is 5.40. The summed E-state index contributed by atoms with van der Waals surface area (Å²) < 4.78 is 0. The Balaban J connectivity index is 2.51. The van der Waals surface area contributed by atoms with Crippen molar-refractivity contribution in [3.05, 3.63) is 24.0 Å². The molecule has 0 saturated carbocycles. The fourth-order valence-electron chi connectivity index (χ4n) is 1.31. The standard InChI is InChI=1S/C11H16N2O3S/c1-7(14)17-5-3-10(15)11(16)9-6-8(12)2-4-13-9/h2,4,6,10-11,15-16H,3,5H2,1H3,(H2,12,13). The summed E-state index contributed by atoms with van der Waals surface area (Å²) in [5, 5.41) is 19.5. The Morgan fingerprint density at radius 1 is 1.59 bits per heavy atom. The average molecular weight is 256 g/mol. The Bertz CT molecular complexity index is 387. The van der Waals surface area contributed by atoms with Crippen LogP contribution >= 0.6 is 11.8 Å². The third-order valence-electron chi connectivity index (χ3n) is 2.19. The third kappa shape index (κ3) is 4.72. The van der Waals surface area contributed by atoms with Crippen LogP contribution in [0.4, 0.5) is 5.69 Å². The Morgan fingerprint density at radius 2 is 2.29 bits per heavy atom. The van der Waals surface area contributed by atoms with Crippen molar-refractivity contribution in [2.75, 3.05) is 11.5 Å². The van der Waals surface area contributed by atoms with Crippen molar-refractivity contribution < 1.29 is 15.0 Å². The number of nitrogens with two attached hydrogens (primary N) is 1. The van der Waals surface area contributed by atoms with E-state index in [-0.39, 0.29) is 5.12 Å². The second-order valence-electron chi connectivity index (χ2n) is 3.65. The molecule has 0 aromatic carbocycles. The van der Waals surface area contributed by atoms with Crippen LogP contribution in [0.25, 0.3) is 0 Å².